The van der Waals surface area contributed by atoms with Gasteiger partial charge in [0.05, 0.1) is 16.9 Å². The smallest absolute Gasteiger partial charge is 0.219 e. The van der Waals surface area contributed by atoms with Gasteiger partial charge in [0.2, 0.25) is 5.91 Å². The molecule has 1 aliphatic rings. The lowest BCUT2D eigenvalue weighted by molar-refractivity contribution is -0.129. The van der Waals surface area contributed by atoms with Crippen LogP contribution in [-0.2, 0) is 4.79 Å². The van der Waals surface area contributed by atoms with Crippen molar-refractivity contribution in [3.63, 3.8) is 0 Å². The molecular weight excluding hydrogens is 436 g/mol. The fourth-order valence-corrected chi connectivity index (χ4v) is 5.07. The van der Waals surface area contributed by atoms with Crippen molar-refractivity contribution in [2.45, 2.75) is 25.7 Å². The Morgan fingerprint density at radius 1 is 0.971 bits per heavy atom. The first kappa shape index (κ1) is 21.3. The molecule has 7 heteroatoms. The standard InChI is InChI=1S/C28H26N6O/c1-18(35)33-14-11-21(12-15-33)25-26-27(29)30-13-16-34(26)28(32-25)22-8-7-20-9-10-23(31-24(20)17-22)19-5-3-2-4-6-19/h2-10,13,16-17,21H,11-12,14-15H2,1H3,(H2,29,30). The Balaban J connectivity index is 1.44. The molecule has 6 rings (SSSR count). The molecule has 174 valence electrons. The highest BCUT2D eigenvalue weighted by Crippen LogP contribution is 2.35. The summed E-state index contributed by atoms with van der Waals surface area (Å²) in [6.07, 6.45) is 5.35. The number of rotatable bonds is 3. The number of nitrogens with zero attached hydrogens (tertiary/aromatic N) is 5. The molecule has 0 bridgehead atoms. The van der Waals surface area contributed by atoms with Gasteiger partial charge < -0.3 is 10.6 Å². The number of amides is 1. The largest absolute Gasteiger partial charge is 0.382 e. The first-order valence-electron chi connectivity index (χ1n) is 11.9. The summed E-state index contributed by atoms with van der Waals surface area (Å²) in [4.78, 5) is 28.1. The van der Waals surface area contributed by atoms with Gasteiger partial charge in [0.25, 0.3) is 0 Å². The van der Waals surface area contributed by atoms with Crippen molar-refractivity contribution in [1.82, 2.24) is 24.3 Å². The summed E-state index contributed by atoms with van der Waals surface area (Å²) in [5, 5.41) is 1.08. The first-order valence-corrected chi connectivity index (χ1v) is 11.9. The predicted octanol–water partition coefficient (Wildman–Crippen LogP) is 4.92. The molecule has 1 aliphatic heterocycles. The molecule has 5 aromatic rings. The maximum atomic E-state index is 11.8. The van der Waals surface area contributed by atoms with E-state index in [1.165, 1.54) is 0 Å². The Hall–Kier alpha value is -4.26. The third-order valence-corrected chi connectivity index (χ3v) is 6.96. The highest BCUT2D eigenvalue weighted by atomic mass is 16.2. The molecule has 0 saturated carbocycles. The third-order valence-electron chi connectivity index (χ3n) is 6.96. The van der Waals surface area contributed by atoms with E-state index in [0.29, 0.717) is 5.82 Å². The van der Waals surface area contributed by atoms with Crippen LogP contribution in [0.2, 0.25) is 0 Å². The second-order valence-corrected chi connectivity index (χ2v) is 9.10. The van der Waals surface area contributed by atoms with Crippen molar-refractivity contribution in [1.29, 1.82) is 0 Å². The molecule has 4 heterocycles. The minimum atomic E-state index is 0.124. The number of piperidine rings is 1. The normalized spacial score (nSPS) is 14.6. The number of likely N-dealkylation sites (tertiary alicyclic amines) is 1. The summed E-state index contributed by atoms with van der Waals surface area (Å²) in [6.45, 7) is 3.09. The van der Waals surface area contributed by atoms with Crippen LogP contribution in [0.15, 0.2) is 73.1 Å². The van der Waals surface area contributed by atoms with Crippen LogP contribution in [0.25, 0.3) is 39.1 Å². The highest BCUT2D eigenvalue weighted by molar-refractivity contribution is 5.86. The Bertz CT molecular complexity index is 1550. The van der Waals surface area contributed by atoms with E-state index in [1.807, 2.05) is 33.7 Å². The van der Waals surface area contributed by atoms with Crippen LogP contribution in [0.3, 0.4) is 0 Å². The molecule has 0 aliphatic carbocycles. The lowest BCUT2D eigenvalue weighted by Crippen LogP contribution is -2.36. The van der Waals surface area contributed by atoms with Crippen molar-refractivity contribution in [3.05, 3.63) is 78.8 Å². The molecule has 3 aromatic heterocycles. The summed E-state index contributed by atoms with van der Waals surface area (Å²) in [5.41, 5.74) is 12.1. The Kier molecular flexibility index (Phi) is 5.17. The second-order valence-electron chi connectivity index (χ2n) is 9.10. The van der Waals surface area contributed by atoms with Crippen LogP contribution in [-0.4, -0.2) is 43.2 Å². The number of fused-ring (bicyclic) bond motifs is 2. The molecule has 1 amide bonds. The highest BCUT2D eigenvalue weighted by Gasteiger charge is 2.27. The molecule has 0 unspecified atom stereocenters. The summed E-state index contributed by atoms with van der Waals surface area (Å²) in [7, 11) is 0. The molecule has 0 radical (unpaired) electrons. The Labute approximate surface area is 203 Å². The number of nitrogens with two attached hydrogens (primary N) is 1. The van der Waals surface area contributed by atoms with Gasteiger partial charge in [-0.25, -0.2) is 15.0 Å². The zero-order valence-electron chi connectivity index (χ0n) is 19.6. The maximum absolute atomic E-state index is 11.8. The summed E-state index contributed by atoms with van der Waals surface area (Å²) < 4.78 is 2.04. The van der Waals surface area contributed by atoms with Crippen molar-refractivity contribution in [3.8, 4) is 22.6 Å². The number of anilines is 1. The van der Waals surface area contributed by atoms with Crippen LogP contribution in [0, 0.1) is 0 Å². The lowest BCUT2D eigenvalue weighted by atomic mass is 9.93. The molecule has 2 N–H and O–H groups in total. The lowest BCUT2D eigenvalue weighted by Gasteiger charge is -2.30. The van der Waals surface area contributed by atoms with Gasteiger partial charge in [-0.3, -0.25) is 9.20 Å². The van der Waals surface area contributed by atoms with Gasteiger partial charge in [-0.15, -0.1) is 0 Å². The van der Waals surface area contributed by atoms with E-state index in [1.54, 1.807) is 13.1 Å². The zero-order valence-corrected chi connectivity index (χ0v) is 19.6. The van der Waals surface area contributed by atoms with Gasteiger partial charge in [0.1, 0.15) is 17.2 Å². The van der Waals surface area contributed by atoms with E-state index < -0.39 is 0 Å². The van der Waals surface area contributed by atoms with Crippen LogP contribution in [0.5, 0.6) is 0 Å². The van der Waals surface area contributed by atoms with Gasteiger partial charge in [-0.2, -0.15) is 0 Å². The van der Waals surface area contributed by atoms with Crippen LogP contribution in [0.4, 0.5) is 5.82 Å². The van der Waals surface area contributed by atoms with Crippen molar-refractivity contribution >= 4 is 28.1 Å². The number of pyridine rings is 1. The SMILES string of the molecule is CC(=O)N1CCC(c2nc(-c3ccc4ccc(-c5ccccc5)nc4c3)n3ccnc(N)c23)CC1. The second kappa shape index (κ2) is 8.51. The number of imidazole rings is 1. The van der Waals surface area contributed by atoms with Gasteiger partial charge in [0.15, 0.2) is 0 Å². The minimum Gasteiger partial charge on any atom is -0.382 e. The average Bonchev–Trinajstić information content (AvgIpc) is 3.30. The number of hydrogen-bond acceptors (Lipinski definition) is 5. The van der Waals surface area contributed by atoms with E-state index >= 15 is 0 Å². The van der Waals surface area contributed by atoms with E-state index in [2.05, 4.69) is 47.4 Å². The van der Waals surface area contributed by atoms with Gasteiger partial charge >= 0.3 is 0 Å². The fraction of sp³-hybridized carbons (Fsp3) is 0.214. The van der Waals surface area contributed by atoms with Crippen molar-refractivity contribution in [2.24, 2.45) is 0 Å². The number of nitrogen functional groups attached to an aromatic ring is 1. The molecule has 7 nitrogen and oxygen atoms in total. The number of carbonyl (C=O) groups is 1. The molecular formula is C28H26N6O. The van der Waals surface area contributed by atoms with Crippen molar-refractivity contribution < 1.29 is 4.79 Å². The molecule has 2 aromatic carbocycles. The number of benzene rings is 2. The zero-order chi connectivity index (χ0) is 23.9. The maximum Gasteiger partial charge on any atom is 0.219 e. The third kappa shape index (κ3) is 3.79. The van der Waals surface area contributed by atoms with E-state index in [0.717, 1.165) is 70.7 Å². The summed E-state index contributed by atoms with van der Waals surface area (Å²) in [6, 6.07) is 20.6. The topological polar surface area (TPSA) is 89.4 Å². The van der Waals surface area contributed by atoms with E-state index in [9.17, 15) is 4.79 Å². The average molecular weight is 463 g/mol. The van der Waals surface area contributed by atoms with Crippen molar-refractivity contribution in [2.75, 3.05) is 18.8 Å². The number of hydrogen-bond donors (Lipinski definition) is 1. The molecule has 0 atom stereocenters. The Morgan fingerprint density at radius 2 is 1.74 bits per heavy atom. The van der Waals surface area contributed by atoms with Gasteiger partial charge in [-0.1, -0.05) is 48.5 Å². The van der Waals surface area contributed by atoms with Crippen LogP contribution in [0.1, 0.15) is 31.4 Å². The van der Waals surface area contributed by atoms with E-state index in [4.69, 9.17) is 15.7 Å². The molecule has 0 spiro atoms. The monoisotopic (exact) mass is 462 g/mol. The molecule has 1 fully saturated rings. The number of aromatic nitrogens is 4. The van der Waals surface area contributed by atoms with Crippen LogP contribution < -0.4 is 5.73 Å². The quantitative estimate of drug-likeness (QED) is 0.411. The predicted molar refractivity (Wildman–Crippen MR) is 138 cm³/mol. The molecule has 35 heavy (non-hydrogen) atoms. The van der Waals surface area contributed by atoms with Gasteiger partial charge in [0, 0.05) is 54.8 Å². The van der Waals surface area contributed by atoms with Gasteiger partial charge in [-0.05, 0) is 25.0 Å². The van der Waals surface area contributed by atoms with E-state index in [-0.39, 0.29) is 11.8 Å². The number of carbonyl (C=O) groups excluding carboxylic acids is 1. The van der Waals surface area contributed by atoms with Crippen LogP contribution >= 0.6 is 0 Å². The summed E-state index contributed by atoms with van der Waals surface area (Å²) >= 11 is 0. The summed E-state index contributed by atoms with van der Waals surface area (Å²) in [5.74, 6) is 1.65. The fourth-order valence-electron chi connectivity index (χ4n) is 5.07. The minimum absolute atomic E-state index is 0.124. The first-order chi connectivity index (χ1) is 17.1. The molecule has 1 saturated heterocycles. The Morgan fingerprint density at radius 3 is 2.51 bits per heavy atom.